The van der Waals surface area contributed by atoms with Gasteiger partial charge in [0.2, 0.25) is 5.91 Å². The number of aliphatic hydroxyl groups is 1. The number of carboxylic acid groups (broad SMARTS) is 2. The summed E-state index contributed by atoms with van der Waals surface area (Å²) in [6, 6.07) is 15.3. The quantitative estimate of drug-likeness (QED) is 0.0835. The second-order valence-electron chi connectivity index (χ2n) is 9.65. The molecule has 40 heavy (non-hydrogen) atoms. The summed E-state index contributed by atoms with van der Waals surface area (Å²) < 4.78 is 0. The summed E-state index contributed by atoms with van der Waals surface area (Å²) in [6.07, 6.45) is 9.19. The fourth-order valence-electron chi connectivity index (χ4n) is 4.28. The molecule has 10 heteroatoms. The molecule has 0 radical (unpaired) electrons. The first kappa shape index (κ1) is 39.2. The molecule has 0 saturated heterocycles. The van der Waals surface area contributed by atoms with Crippen LogP contribution in [-0.4, -0.2) is 39.3 Å². The predicted molar refractivity (Wildman–Crippen MR) is 154 cm³/mol. The van der Waals surface area contributed by atoms with E-state index in [1.165, 1.54) is 55.9 Å². The van der Waals surface area contributed by atoms with Crippen LogP contribution in [0.25, 0.3) is 0 Å². The number of rotatable bonds is 19. The summed E-state index contributed by atoms with van der Waals surface area (Å²) in [7, 11) is 0. The number of hydrogen-bond acceptors (Lipinski definition) is 5. The Morgan fingerprint density at radius 2 is 1.52 bits per heavy atom. The zero-order valence-electron chi connectivity index (χ0n) is 26.2. The zero-order valence-corrected chi connectivity index (χ0v) is 29.0. The molecule has 2 unspecified atom stereocenters. The minimum Gasteiger partial charge on any atom is -1.00 e. The molecular weight excluding hydrogens is 548 g/mol. The van der Waals surface area contributed by atoms with Crippen LogP contribution >= 0.6 is 11.8 Å². The molecule has 4 N–H and O–H groups in total. The largest absolute Gasteiger partial charge is 1.00 e. The van der Waals surface area contributed by atoms with Gasteiger partial charge in [0.25, 0.3) is 0 Å². The van der Waals surface area contributed by atoms with Gasteiger partial charge in [-0.15, -0.1) is 11.8 Å². The Morgan fingerprint density at radius 1 is 0.875 bits per heavy atom. The van der Waals surface area contributed by atoms with Gasteiger partial charge in [-0.05, 0) is 55.0 Å². The van der Waals surface area contributed by atoms with Gasteiger partial charge < -0.3 is 23.5 Å². The summed E-state index contributed by atoms with van der Waals surface area (Å²) in [4.78, 5) is 34.4. The first-order valence-electron chi connectivity index (χ1n) is 13.6. The van der Waals surface area contributed by atoms with Gasteiger partial charge >= 0.3 is 71.1 Å². The number of nitrogens with one attached hydrogen (secondary N) is 1. The van der Waals surface area contributed by atoms with Crippen molar-refractivity contribution in [1.29, 1.82) is 0 Å². The van der Waals surface area contributed by atoms with Crippen molar-refractivity contribution in [2.45, 2.75) is 100 Å². The molecule has 2 atom stereocenters. The van der Waals surface area contributed by atoms with E-state index in [-0.39, 0.29) is 73.6 Å². The van der Waals surface area contributed by atoms with Crippen molar-refractivity contribution in [3.63, 3.8) is 0 Å². The molecule has 2 rings (SSSR count). The van der Waals surface area contributed by atoms with Gasteiger partial charge in [0.1, 0.15) is 6.42 Å². The number of anilines is 1. The number of aryl methyl sites for hydroxylation is 1. The first-order valence-corrected chi connectivity index (χ1v) is 14.4. The van der Waals surface area contributed by atoms with Crippen LogP contribution in [0.2, 0.25) is 0 Å². The van der Waals surface area contributed by atoms with Crippen LogP contribution < -0.4 is 64.4 Å². The number of hydrogen-bond donors (Lipinski definition) is 4. The minimum atomic E-state index is -1.20. The Bertz CT molecular complexity index is 1030. The third kappa shape index (κ3) is 16.6. The number of unbranched alkanes of at least 4 members (excludes halogenated alkanes) is 6. The molecule has 2 aromatic carbocycles. The van der Waals surface area contributed by atoms with Crippen molar-refractivity contribution in [2.75, 3.05) is 5.32 Å². The van der Waals surface area contributed by atoms with E-state index in [1.807, 2.05) is 18.2 Å². The van der Waals surface area contributed by atoms with Crippen LogP contribution in [0.15, 0.2) is 53.4 Å². The second kappa shape index (κ2) is 22.7. The van der Waals surface area contributed by atoms with E-state index in [1.54, 1.807) is 18.2 Å². The average molecular weight is 592 g/mol. The smallest absolute Gasteiger partial charge is 1.00 e. The summed E-state index contributed by atoms with van der Waals surface area (Å²) in [5.41, 5.74) is 2.68. The van der Waals surface area contributed by atoms with Gasteiger partial charge in [0.15, 0.2) is 0 Å². The molecule has 0 spiro atoms. The molecule has 0 bridgehead atoms. The summed E-state index contributed by atoms with van der Waals surface area (Å²) in [5, 5.41) is 31.1. The summed E-state index contributed by atoms with van der Waals surface area (Å²) >= 11 is 1.44. The van der Waals surface area contributed by atoms with Crippen molar-refractivity contribution in [3.8, 4) is 0 Å². The van der Waals surface area contributed by atoms with Crippen LogP contribution in [0.4, 0.5) is 5.69 Å². The maximum atomic E-state index is 11.9. The molecule has 0 aliphatic heterocycles. The van der Waals surface area contributed by atoms with E-state index >= 15 is 0 Å². The SMILES string of the molecule is CCCCCCCCCc1ccc(C(Sc2cccc(NC(=O)CC(=O)O)c2)C(O)CCCC(=O)O)cc1.[H-].[H-].[Na+].[Na+]. The van der Waals surface area contributed by atoms with Gasteiger partial charge in [-0.3, -0.25) is 14.4 Å². The number of carbonyl (C=O) groups is 3. The Kier molecular flexibility index (Phi) is 22.2. The molecule has 0 aliphatic carbocycles. The number of amides is 1. The molecule has 0 aromatic heterocycles. The van der Waals surface area contributed by atoms with E-state index in [0.29, 0.717) is 18.5 Å². The number of benzene rings is 2. The predicted octanol–water partition coefficient (Wildman–Crippen LogP) is 1.08. The molecule has 0 aliphatic rings. The normalized spacial score (nSPS) is 11.9. The minimum absolute atomic E-state index is 0. The third-order valence-electron chi connectivity index (χ3n) is 6.31. The number of carboxylic acids is 2. The van der Waals surface area contributed by atoms with Crippen LogP contribution in [0, 0.1) is 0 Å². The van der Waals surface area contributed by atoms with E-state index in [0.717, 1.165) is 23.3 Å². The van der Waals surface area contributed by atoms with Gasteiger partial charge in [-0.25, -0.2) is 0 Å². The van der Waals surface area contributed by atoms with Crippen LogP contribution in [0.1, 0.15) is 96.8 Å². The molecule has 212 valence electrons. The molecule has 0 heterocycles. The molecule has 0 saturated carbocycles. The topological polar surface area (TPSA) is 124 Å². The summed E-state index contributed by atoms with van der Waals surface area (Å²) in [5.74, 6) is -2.70. The number of aliphatic hydroxyl groups excluding tert-OH is 1. The van der Waals surface area contributed by atoms with Crippen molar-refractivity contribution in [3.05, 3.63) is 59.7 Å². The Balaban J connectivity index is -0.00000380. The average Bonchev–Trinajstić information content (AvgIpc) is 2.86. The standard InChI is InChI=1S/C30H41NO6S.2Na.2H/c1-2-3-4-5-6-7-8-11-22-16-18-23(19-17-22)30(26(32)14-10-15-28(34)35)38-25-13-9-12-24(20-25)31-27(33)21-29(36)37;;;;/h9,12-13,16-20,26,30,32H,2-8,10-11,14-15,21H2,1H3,(H,31,33)(H,34,35)(H,36,37);;;;/q;2*+1;2*-1. The fourth-order valence-corrected chi connectivity index (χ4v) is 5.51. The number of aliphatic carboxylic acids is 2. The third-order valence-corrected chi connectivity index (χ3v) is 7.68. The van der Waals surface area contributed by atoms with Gasteiger partial charge in [0, 0.05) is 17.0 Å². The summed E-state index contributed by atoms with van der Waals surface area (Å²) in [6.45, 7) is 2.23. The van der Waals surface area contributed by atoms with E-state index in [9.17, 15) is 19.5 Å². The fraction of sp³-hybridized carbons (Fsp3) is 0.500. The molecule has 1 amide bonds. The Hall–Kier alpha value is -0.840. The number of carbonyl (C=O) groups excluding carboxylic acids is 1. The van der Waals surface area contributed by atoms with Crippen LogP contribution in [0.3, 0.4) is 0 Å². The zero-order chi connectivity index (χ0) is 27.8. The maximum absolute atomic E-state index is 11.9. The van der Waals surface area contributed by atoms with Crippen LogP contribution in [-0.2, 0) is 20.8 Å². The van der Waals surface area contributed by atoms with Gasteiger partial charge in [-0.1, -0.05) is 75.8 Å². The Morgan fingerprint density at radius 3 is 2.15 bits per heavy atom. The van der Waals surface area contributed by atoms with E-state index in [4.69, 9.17) is 10.2 Å². The van der Waals surface area contributed by atoms with Crippen molar-refractivity contribution < 1.29 is 91.7 Å². The molecule has 2 aromatic rings. The molecule has 7 nitrogen and oxygen atoms in total. The van der Waals surface area contributed by atoms with Crippen molar-refractivity contribution in [1.82, 2.24) is 0 Å². The van der Waals surface area contributed by atoms with Crippen molar-refractivity contribution >= 4 is 35.3 Å². The second-order valence-corrected chi connectivity index (χ2v) is 10.9. The van der Waals surface area contributed by atoms with E-state index in [2.05, 4.69) is 24.4 Å². The Labute approximate surface area is 289 Å². The van der Waals surface area contributed by atoms with E-state index < -0.39 is 30.4 Å². The monoisotopic (exact) mass is 591 g/mol. The first-order chi connectivity index (χ1) is 18.3. The number of thioether (sulfide) groups is 1. The van der Waals surface area contributed by atoms with Gasteiger partial charge in [-0.2, -0.15) is 0 Å². The molecular formula is C30H43NNa2O6S. The van der Waals surface area contributed by atoms with Crippen LogP contribution in [0.5, 0.6) is 0 Å². The molecule has 0 fully saturated rings. The maximum Gasteiger partial charge on any atom is 1.00 e. The van der Waals surface area contributed by atoms with Gasteiger partial charge in [0.05, 0.1) is 11.4 Å². The van der Waals surface area contributed by atoms with Crippen molar-refractivity contribution in [2.24, 2.45) is 0 Å².